The quantitative estimate of drug-likeness (QED) is 0.889. The van der Waals surface area contributed by atoms with Crippen LogP contribution in [0.4, 0.5) is 4.39 Å². The molecule has 0 aliphatic carbocycles. The van der Waals surface area contributed by atoms with E-state index in [0.29, 0.717) is 23.6 Å². The number of benzene rings is 1. The lowest BCUT2D eigenvalue weighted by atomic mass is 10.2. The Morgan fingerprint density at radius 3 is 2.85 bits per heavy atom. The molecule has 1 heterocycles. The molecular formula is C14H13ClFNO3. The maximum atomic E-state index is 13.1. The normalized spacial score (nSPS) is 12.3. The number of nitrogens with one attached hydrogen (secondary N) is 1. The number of hydrogen-bond acceptors (Lipinski definition) is 3. The van der Waals surface area contributed by atoms with Crippen molar-refractivity contribution in [2.24, 2.45) is 0 Å². The van der Waals surface area contributed by atoms with Crippen molar-refractivity contribution < 1.29 is 18.7 Å². The Balaban J connectivity index is 2.08. The van der Waals surface area contributed by atoms with E-state index in [9.17, 15) is 9.18 Å². The van der Waals surface area contributed by atoms with E-state index in [4.69, 9.17) is 21.1 Å². The van der Waals surface area contributed by atoms with Crippen LogP contribution in [0.25, 0.3) is 11.3 Å². The summed E-state index contributed by atoms with van der Waals surface area (Å²) in [5.41, 5.74) is 0.661. The van der Waals surface area contributed by atoms with Crippen LogP contribution in [0.5, 0.6) is 0 Å². The molecule has 0 aliphatic rings. The lowest BCUT2D eigenvalue weighted by molar-refractivity contribution is -0.139. The van der Waals surface area contributed by atoms with Gasteiger partial charge in [0.15, 0.2) is 0 Å². The molecule has 0 spiro atoms. The van der Waals surface area contributed by atoms with Gasteiger partial charge in [-0.05, 0) is 37.3 Å². The van der Waals surface area contributed by atoms with Gasteiger partial charge in [-0.15, -0.1) is 0 Å². The zero-order valence-electron chi connectivity index (χ0n) is 10.7. The van der Waals surface area contributed by atoms with Crippen molar-refractivity contribution in [1.82, 2.24) is 5.32 Å². The SMILES string of the molecule is C[C@H](NCc1ccc(-c2ccc(F)c(Cl)c2)o1)C(=O)O. The molecule has 0 fully saturated rings. The zero-order valence-corrected chi connectivity index (χ0v) is 11.4. The molecule has 0 aliphatic heterocycles. The predicted molar refractivity (Wildman–Crippen MR) is 73.0 cm³/mol. The molecule has 0 unspecified atom stereocenters. The van der Waals surface area contributed by atoms with Crippen molar-refractivity contribution in [1.29, 1.82) is 0 Å². The second-order valence-electron chi connectivity index (χ2n) is 4.34. The molecular weight excluding hydrogens is 285 g/mol. The number of halogens is 2. The molecule has 0 radical (unpaired) electrons. The Morgan fingerprint density at radius 2 is 2.20 bits per heavy atom. The molecule has 2 N–H and O–H groups in total. The first-order valence-corrected chi connectivity index (χ1v) is 6.35. The fourth-order valence-electron chi connectivity index (χ4n) is 1.62. The number of carboxylic acid groups (broad SMARTS) is 1. The van der Waals surface area contributed by atoms with Gasteiger partial charge in [0.05, 0.1) is 11.6 Å². The summed E-state index contributed by atoms with van der Waals surface area (Å²) in [4.78, 5) is 10.7. The lowest BCUT2D eigenvalue weighted by Gasteiger charge is -2.06. The molecule has 4 nitrogen and oxygen atoms in total. The average molecular weight is 298 g/mol. The van der Waals surface area contributed by atoms with Gasteiger partial charge in [-0.25, -0.2) is 4.39 Å². The van der Waals surface area contributed by atoms with Crippen LogP contribution in [0.3, 0.4) is 0 Å². The summed E-state index contributed by atoms with van der Waals surface area (Å²) < 4.78 is 18.6. The van der Waals surface area contributed by atoms with Crippen molar-refractivity contribution in [3.05, 3.63) is 46.9 Å². The van der Waals surface area contributed by atoms with Crippen molar-refractivity contribution in [3.63, 3.8) is 0 Å². The average Bonchev–Trinajstić information content (AvgIpc) is 2.87. The lowest BCUT2D eigenvalue weighted by Crippen LogP contribution is -2.32. The van der Waals surface area contributed by atoms with Gasteiger partial charge in [-0.1, -0.05) is 11.6 Å². The molecule has 106 valence electrons. The standard InChI is InChI=1S/C14H13ClFNO3/c1-8(14(18)19)17-7-10-3-5-13(20-10)9-2-4-12(16)11(15)6-9/h2-6,8,17H,7H2,1H3,(H,18,19)/t8-/m0/s1. The van der Waals surface area contributed by atoms with Crippen LogP contribution in [0, 0.1) is 5.82 Å². The summed E-state index contributed by atoms with van der Waals surface area (Å²) in [6.45, 7) is 1.84. The minimum Gasteiger partial charge on any atom is -0.480 e. The van der Waals surface area contributed by atoms with Gasteiger partial charge < -0.3 is 9.52 Å². The summed E-state index contributed by atoms with van der Waals surface area (Å²) in [6, 6.07) is 7.11. The van der Waals surface area contributed by atoms with Crippen LogP contribution in [0.15, 0.2) is 34.7 Å². The van der Waals surface area contributed by atoms with Crippen molar-refractivity contribution in [3.8, 4) is 11.3 Å². The second-order valence-corrected chi connectivity index (χ2v) is 4.74. The molecule has 2 rings (SSSR count). The van der Waals surface area contributed by atoms with Crippen molar-refractivity contribution in [2.75, 3.05) is 0 Å². The molecule has 0 amide bonds. The van der Waals surface area contributed by atoms with Crippen molar-refractivity contribution >= 4 is 17.6 Å². The van der Waals surface area contributed by atoms with Crippen LogP contribution in [-0.4, -0.2) is 17.1 Å². The first kappa shape index (κ1) is 14.6. The monoisotopic (exact) mass is 297 g/mol. The predicted octanol–water partition coefficient (Wildman–Crippen LogP) is 3.30. The van der Waals surface area contributed by atoms with Gasteiger partial charge in [-0.3, -0.25) is 10.1 Å². The van der Waals surface area contributed by atoms with Gasteiger partial charge in [0, 0.05) is 5.56 Å². The molecule has 1 aromatic carbocycles. The maximum absolute atomic E-state index is 13.1. The van der Waals surface area contributed by atoms with E-state index in [1.54, 1.807) is 25.1 Å². The summed E-state index contributed by atoms with van der Waals surface area (Å²) >= 11 is 5.71. The third-order valence-electron chi connectivity index (χ3n) is 2.82. The molecule has 0 saturated carbocycles. The Morgan fingerprint density at radius 1 is 1.45 bits per heavy atom. The highest BCUT2D eigenvalue weighted by molar-refractivity contribution is 6.31. The summed E-state index contributed by atoms with van der Waals surface area (Å²) in [7, 11) is 0. The van der Waals surface area contributed by atoms with Crippen LogP contribution < -0.4 is 5.32 Å². The maximum Gasteiger partial charge on any atom is 0.320 e. The third-order valence-corrected chi connectivity index (χ3v) is 3.11. The Kier molecular flexibility index (Phi) is 4.42. The van der Waals surface area contributed by atoms with E-state index in [1.807, 2.05) is 0 Å². The van der Waals surface area contributed by atoms with Gasteiger partial charge >= 0.3 is 5.97 Å². The first-order valence-electron chi connectivity index (χ1n) is 5.97. The highest BCUT2D eigenvalue weighted by atomic mass is 35.5. The van der Waals surface area contributed by atoms with Gasteiger partial charge in [0.1, 0.15) is 23.4 Å². The molecule has 0 saturated heterocycles. The molecule has 20 heavy (non-hydrogen) atoms. The number of furan rings is 1. The Bertz CT molecular complexity index is 627. The van der Waals surface area contributed by atoms with Gasteiger partial charge in [0.2, 0.25) is 0 Å². The number of aliphatic carboxylic acids is 1. The van der Waals surface area contributed by atoms with E-state index in [0.717, 1.165) is 0 Å². The molecule has 2 aromatic rings. The first-order chi connectivity index (χ1) is 9.47. The fourth-order valence-corrected chi connectivity index (χ4v) is 1.80. The summed E-state index contributed by atoms with van der Waals surface area (Å²) in [6.07, 6.45) is 0. The third kappa shape index (κ3) is 3.37. The van der Waals surface area contributed by atoms with E-state index in [-0.39, 0.29) is 5.02 Å². The molecule has 0 bridgehead atoms. The van der Waals surface area contributed by atoms with Crippen LogP contribution in [-0.2, 0) is 11.3 Å². The zero-order chi connectivity index (χ0) is 14.7. The number of carboxylic acids is 1. The Labute approximate surface area is 120 Å². The topological polar surface area (TPSA) is 62.5 Å². The number of carbonyl (C=O) groups is 1. The minimum absolute atomic E-state index is 0.0260. The molecule has 6 heteroatoms. The van der Waals surface area contributed by atoms with Gasteiger partial charge in [-0.2, -0.15) is 0 Å². The van der Waals surface area contributed by atoms with E-state index < -0.39 is 17.8 Å². The highest BCUT2D eigenvalue weighted by Gasteiger charge is 2.12. The molecule has 1 atom stereocenters. The smallest absolute Gasteiger partial charge is 0.320 e. The van der Waals surface area contributed by atoms with Crippen molar-refractivity contribution in [2.45, 2.75) is 19.5 Å². The van der Waals surface area contributed by atoms with E-state index in [2.05, 4.69) is 5.32 Å². The molecule has 1 aromatic heterocycles. The fraction of sp³-hybridized carbons (Fsp3) is 0.214. The largest absolute Gasteiger partial charge is 0.480 e. The van der Waals surface area contributed by atoms with Crippen LogP contribution in [0.2, 0.25) is 5.02 Å². The number of rotatable bonds is 5. The Hall–Kier alpha value is -1.85. The van der Waals surface area contributed by atoms with Gasteiger partial charge in [0.25, 0.3) is 0 Å². The summed E-state index contributed by atoms with van der Waals surface area (Å²) in [5.74, 6) is -0.276. The summed E-state index contributed by atoms with van der Waals surface area (Å²) in [5, 5.41) is 11.6. The second kappa shape index (κ2) is 6.07. The van der Waals surface area contributed by atoms with Crippen LogP contribution in [0.1, 0.15) is 12.7 Å². The van der Waals surface area contributed by atoms with E-state index >= 15 is 0 Å². The van der Waals surface area contributed by atoms with Crippen LogP contribution >= 0.6 is 11.6 Å². The number of hydrogen-bond donors (Lipinski definition) is 2. The minimum atomic E-state index is -0.929. The highest BCUT2D eigenvalue weighted by Crippen LogP contribution is 2.26. The van der Waals surface area contributed by atoms with E-state index in [1.165, 1.54) is 12.1 Å².